The smallest absolute Gasteiger partial charge is 0.326 e. The maximum atomic E-state index is 12.2. The van der Waals surface area contributed by atoms with E-state index in [-0.39, 0.29) is 27.4 Å². The predicted octanol–water partition coefficient (Wildman–Crippen LogP) is 1.89. The number of ether oxygens (including phenoxy) is 1. The van der Waals surface area contributed by atoms with E-state index in [9.17, 15) is 19.6 Å². The number of methoxy groups -OCH3 is 1. The minimum absolute atomic E-state index is 0.0295. The van der Waals surface area contributed by atoms with Crippen LogP contribution in [0.5, 0.6) is 5.75 Å². The van der Waals surface area contributed by atoms with E-state index in [2.05, 4.69) is 15.3 Å². The Labute approximate surface area is 154 Å². The first kappa shape index (κ1) is 17.8. The number of benzene rings is 1. The summed E-state index contributed by atoms with van der Waals surface area (Å²) < 4.78 is 5.91. The molecule has 3 rings (SSSR count). The van der Waals surface area contributed by atoms with E-state index in [1.165, 1.54) is 7.11 Å². The Balaban J connectivity index is 1.81. The van der Waals surface area contributed by atoms with Crippen LogP contribution in [0.25, 0.3) is 10.2 Å². The molecule has 1 aromatic carbocycles. The molecule has 0 unspecified atom stereocenters. The van der Waals surface area contributed by atoms with Crippen molar-refractivity contribution in [2.24, 2.45) is 0 Å². The van der Waals surface area contributed by atoms with Gasteiger partial charge >= 0.3 is 5.69 Å². The number of nitrogens with zero attached hydrogens (tertiary/aromatic N) is 1. The number of nitrogens with one attached hydrogen (secondary N) is 3. The van der Waals surface area contributed by atoms with Crippen LogP contribution < -0.4 is 21.3 Å². The van der Waals surface area contributed by atoms with Crippen LogP contribution >= 0.6 is 23.1 Å². The molecule has 3 N–H and O–H groups in total. The fraction of sp³-hybridized carbons (Fsp3) is 0.125. The maximum absolute atomic E-state index is 12.2. The van der Waals surface area contributed by atoms with Crippen LogP contribution in [0.4, 0.5) is 5.69 Å². The Kier molecular flexibility index (Phi) is 5.11. The van der Waals surface area contributed by atoms with Gasteiger partial charge in [-0.25, -0.2) is 4.79 Å². The Bertz CT molecular complexity index is 1140. The number of hydrogen-bond acceptors (Lipinski definition) is 7. The summed E-state index contributed by atoms with van der Waals surface area (Å²) in [7, 11) is 1.51. The molecule has 0 aliphatic carbocycles. The number of thioether (sulfide) groups is 1. The fourth-order valence-corrected chi connectivity index (χ4v) is 4.39. The van der Waals surface area contributed by atoms with Gasteiger partial charge in [0.15, 0.2) is 0 Å². The molecule has 8 nitrogen and oxygen atoms in total. The number of carbonyl (C=O) groups excluding carboxylic acids is 1. The van der Waals surface area contributed by atoms with Crippen LogP contribution in [0.3, 0.4) is 0 Å². The summed E-state index contributed by atoms with van der Waals surface area (Å²) in [6, 6.07) is 8.98. The van der Waals surface area contributed by atoms with Gasteiger partial charge in [-0.15, -0.1) is 23.1 Å². The van der Waals surface area contributed by atoms with Gasteiger partial charge < -0.3 is 15.0 Å². The molecule has 0 saturated heterocycles. The Morgan fingerprint density at radius 1 is 1.35 bits per heavy atom. The lowest BCUT2D eigenvalue weighted by molar-refractivity contribution is -0.113. The first-order valence-electron chi connectivity index (χ1n) is 7.28. The third kappa shape index (κ3) is 3.49. The van der Waals surface area contributed by atoms with Gasteiger partial charge in [0.05, 0.1) is 28.3 Å². The van der Waals surface area contributed by atoms with Crippen LogP contribution in [0.2, 0.25) is 0 Å². The molecule has 0 fully saturated rings. The van der Waals surface area contributed by atoms with Crippen LogP contribution in [0, 0.1) is 11.3 Å². The quantitative estimate of drug-likeness (QED) is 0.573. The first-order valence-corrected chi connectivity index (χ1v) is 9.08. The van der Waals surface area contributed by atoms with Crippen molar-refractivity contribution in [2.45, 2.75) is 4.21 Å². The standard InChI is InChI=1S/C16H12N4O4S2/c1-24-10-5-3-2-4-9(10)18-11(21)7-25-15-8(6-17)12-13(26-15)14(22)20-16(23)19-12/h2-5H,7H2,1H3,(H,18,21)(H2,19,20,22,23). The molecular formula is C16H12N4O4S2. The van der Waals surface area contributed by atoms with Crippen molar-refractivity contribution in [3.63, 3.8) is 0 Å². The molecule has 0 saturated carbocycles. The number of para-hydroxylation sites is 2. The highest BCUT2D eigenvalue weighted by Crippen LogP contribution is 2.35. The summed E-state index contributed by atoms with van der Waals surface area (Å²) in [5, 5.41) is 12.1. The number of nitriles is 1. The van der Waals surface area contributed by atoms with Gasteiger partial charge in [-0.2, -0.15) is 5.26 Å². The van der Waals surface area contributed by atoms with Crippen LogP contribution in [0.1, 0.15) is 5.56 Å². The fourth-order valence-electron chi connectivity index (χ4n) is 2.26. The van der Waals surface area contributed by atoms with Crippen LogP contribution in [-0.4, -0.2) is 28.7 Å². The number of rotatable bonds is 5. The van der Waals surface area contributed by atoms with E-state index >= 15 is 0 Å². The number of aromatic nitrogens is 2. The van der Waals surface area contributed by atoms with Crippen molar-refractivity contribution in [1.82, 2.24) is 9.97 Å². The highest BCUT2D eigenvalue weighted by atomic mass is 32.2. The van der Waals surface area contributed by atoms with Gasteiger partial charge in [0.2, 0.25) is 5.91 Å². The number of carbonyl (C=O) groups is 1. The SMILES string of the molecule is COc1ccccc1NC(=O)CSc1sc2c(=O)[nH]c(=O)[nH]c2c1C#N. The third-order valence-electron chi connectivity index (χ3n) is 3.37. The van der Waals surface area contributed by atoms with Crippen molar-refractivity contribution < 1.29 is 9.53 Å². The van der Waals surface area contributed by atoms with Crippen molar-refractivity contribution >= 4 is 44.9 Å². The topological polar surface area (TPSA) is 128 Å². The molecule has 0 aliphatic rings. The molecular weight excluding hydrogens is 376 g/mol. The van der Waals surface area contributed by atoms with E-state index in [0.29, 0.717) is 15.6 Å². The lowest BCUT2D eigenvalue weighted by Gasteiger charge is -2.09. The largest absolute Gasteiger partial charge is 0.495 e. The average molecular weight is 388 g/mol. The normalized spacial score (nSPS) is 10.5. The highest BCUT2D eigenvalue weighted by Gasteiger charge is 2.17. The van der Waals surface area contributed by atoms with Crippen LogP contribution in [0.15, 0.2) is 38.1 Å². The molecule has 1 amide bonds. The minimum Gasteiger partial charge on any atom is -0.495 e. The maximum Gasteiger partial charge on any atom is 0.326 e. The Morgan fingerprint density at radius 2 is 2.12 bits per heavy atom. The Morgan fingerprint density at radius 3 is 2.85 bits per heavy atom. The summed E-state index contributed by atoms with van der Waals surface area (Å²) in [4.78, 5) is 40.0. The van der Waals surface area contributed by atoms with E-state index in [4.69, 9.17) is 4.74 Å². The Hall–Kier alpha value is -3.03. The second-order valence-electron chi connectivity index (χ2n) is 5.03. The van der Waals surface area contributed by atoms with Gasteiger partial charge in [0, 0.05) is 0 Å². The summed E-state index contributed by atoms with van der Waals surface area (Å²) in [6.07, 6.45) is 0. The van der Waals surface area contributed by atoms with E-state index in [0.717, 1.165) is 23.1 Å². The van der Waals surface area contributed by atoms with E-state index in [1.54, 1.807) is 24.3 Å². The minimum atomic E-state index is -0.678. The zero-order valence-electron chi connectivity index (χ0n) is 13.4. The highest BCUT2D eigenvalue weighted by molar-refractivity contribution is 8.02. The molecule has 10 heteroatoms. The number of aromatic amines is 2. The zero-order valence-corrected chi connectivity index (χ0v) is 15.0. The lowest BCUT2D eigenvalue weighted by Crippen LogP contribution is -2.20. The molecule has 0 aliphatic heterocycles. The second kappa shape index (κ2) is 7.47. The van der Waals surface area contributed by atoms with Crippen molar-refractivity contribution in [3.8, 4) is 11.8 Å². The van der Waals surface area contributed by atoms with E-state index in [1.807, 2.05) is 6.07 Å². The number of thiophene rings is 1. The molecule has 3 aromatic rings. The van der Waals surface area contributed by atoms with Gasteiger partial charge in [-0.3, -0.25) is 14.6 Å². The number of amides is 1. The molecule has 0 bridgehead atoms. The molecule has 2 heterocycles. The molecule has 0 spiro atoms. The number of fused-ring (bicyclic) bond motifs is 1. The van der Waals surface area contributed by atoms with Gasteiger partial charge in [0.1, 0.15) is 22.1 Å². The molecule has 132 valence electrons. The average Bonchev–Trinajstić information content (AvgIpc) is 2.98. The predicted molar refractivity (Wildman–Crippen MR) is 100 cm³/mol. The first-order chi connectivity index (χ1) is 12.5. The van der Waals surface area contributed by atoms with Gasteiger partial charge in [-0.1, -0.05) is 12.1 Å². The summed E-state index contributed by atoms with van der Waals surface area (Å²) in [5.74, 6) is 0.277. The number of H-pyrrole nitrogens is 2. The third-order valence-corrected chi connectivity index (χ3v) is 5.83. The number of anilines is 1. The molecule has 26 heavy (non-hydrogen) atoms. The zero-order chi connectivity index (χ0) is 18.7. The molecule has 0 radical (unpaired) electrons. The van der Waals surface area contributed by atoms with Gasteiger partial charge in [0.25, 0.3) is 5.56 Å². The van der Waals surface area contributed by atoms with Crippen molar-refractivity contribution in [1.29, 1.82) is 5.26 Å². The van der Waals surface area contributed by atoms with Crippen molar-refractivity contribution in [2.75, 3.05) is 18.2 Å². The lowest BCUT2D eigenvalue weighted by atomic mass is 10.3. The van der Waals surface area contributed by atoms with E-state index < -0.39 is 11.2 Å². The molecule has 0 atom stereocenters. The van der Waals surface area contributed by atoms with Gasteiger partial charge in [-0.05, 0) is 12.1 Å². The monoisotopic (exact) mass is 388 g/mol. The number of hydrogen-bond donors (Lipinski definition) is 3. The molecule has 2 aromatic heterocycles. The van der Waals surface area contributed by atoms with Crippen molar-refractivity contribution in [3.05, 3.63) is 50.7 Å². The van der Waals surface area contributed by atoms with Crippen LogP contribution in [-0.2, 0) is 4.79 Å². The second-order valence-corrected chi connectivity index (χ2v) is 7.29. The summed E-state index contributed by atoms with van der Waals surface area (Å²) in [6.45, 7) is 0. The summed E-state index contributed by atoms with van der Waals surface area (Å²) in [5.41, 5.74) is -0.321. The summed E-state index contributed by atoms with van der Waals surface area (Å²) >= 11 is 2.18.